The van der Waals surface area contributed by atoms with Crippen LogP contribution in [0.1, 0.15) is 20.8 Å². The molecule has 23 heavy (non-hydrogen) atoms. The third kappa shape index (κ3) is 2.68. The van der Waals surface area contributed by atoms with Gasteiger partial charge in [0.05, 0.1) is 10.8 Å². The van der Waals surface area contributed by atoms with Crippen LogP contribution in [0.15, 0.2) is 51.7 Å². The van der Waals surface area contributed by atoms with Crippen LogP contribution in [0.5, 0.6) is 5.75 Å². The minimum absolute atomic E-state index is 0.0978. The highest BCUT2D eigenvalue weighted by Crippen LogP contribution is 2.40. The lowest BCUT2D eigenvalue weighted by Crippen LogP contribution is -2.43. The van der Waals surface area contributed by atoms with Gasteiger partial charge in [0.25, 0.3) is 8.32 Å². The van der Waals surface area contributed by atoms with Crippen LogP contribution in [0, 0.1) is 0 Å². The average Bonchev–Trinajstić information content (AvgIpc) is 2.46. The Hall–Kier alpha value is -2.07. The molecule has 2 aromatic carbocycles. The van der Waals surface area contributed by atoms with Crippen molar-refractivity contribution in [2.24, 2.45) is 0 Å². The average molecular weight is 326 g/mol. The number of hydrogen-bond donors (Lipinski definition) is 0. The summed E-state index contributed by atoms with van der Waals surface area (Å²) in [7, 11) is -1.98. The maximum atomic E-state index is 12.1. The summed E-state index contributed by atoms with van der Waals surface area (Å²) < 4.78 is 12.0. The molecule has 0 N–H and O–H groups in total. The first kappa shape index (κ1) is 15.8. The Morgan fingerprint density at radius 3 is 2.26 bits per heavy atom. The molecule has 0 saturated carbocycles. The van der Waals surface area contributed by atoms with Gasteiger partial charge in [0, 0.05) is 5.39 Å². The minimum Gasteiger partial charge on any atom is -0.543 e. The molecule has 0 aliphatic carbocycles. The molecule has 1 heterocycles. The Morgan fingerprint density at radius 1 is 0.957 bits per heavy atom. The molecule has 0 spiro atoms. The van der Waals surface area contributed by atoms with Crippen molar-refractivity contribution in [3.63, 3.8) is 0 Å². The molecular weight excluding hydrogens is 304 g/mol. The first-order chi connectivity index (χ1) is 10.7. The highest BCUT2D eigenvalue weighted by molar-refractivity contribution is 6.74. The van der Waals surface area contributed by atoms with E-state index in [1.807, 2.05) is 36.4 Å². The van der Waals surface area contributed by atoms with E-state index in [1.165, 1.54) is 0 Å². The zero-order valence-electron chi connectivity index (χ0n) is 14.3. The standard InChI is InChI=1S/C19H22O3Si/c1-19(2,3)23(4,5)22-16-12-8-11-15-17(16)13-9-6-7-10-14(13)18(20)21-15/h6-12H,1-5H3. The Labute approximate surface area is 137 Å². The lowest BCUT2D eigenvalue weighted by atomic mass is 10.1. The van der Waals surface area contributed by atoms with Crippen LogP contribution in [-0.4, -0.2) is 8.32 Å². The predicted octanol–water partition coefficient (Wildman–Crippen LogP) is 5.33. The van der Waals surface area contributed by atoms with E-state index < -0.39 is 8.32 Å². The van der Waals surface area contributed by atoms with Crippen LogP contribution in [0.3, 0.4) is 0 Å². The summed E-state index contributed by atoms with van der Waals surface area (Å²) in [5, 5.41) is 2.45. The second-order valence-corrected chi connectivity index (χ2v) is 12.2. The molecule has 0 bridgehead atoms. The first-order valence-electron chi connectivity index (χ1n) is 7.84. The molecule has 0 aliphatic heterocycles. The van der Waals surface area contributed by atoms with Crippen molar-refractivity contribution in [3.05, 3.63) is 52.9 Å². The van der Waals surface area contributed by atoms with Crippen molar-refractivity contribution in [1.29, 1.82) is 0 Å². The van der Waals surface area contributed by atoms with Crippen LogP contribution < -0.4 is 10.1 Å². The number of rotatable bonds is 2. The van der Waals surface area contributed by atoms with Gasteiger partial charge in [-0.05, 0) is 36.3 Å². The van der Waals surface area contributed by atoms with Crippen LogP contribution in [0.2, 0.25) is 18.1 Å². The zero-order chi connectivity index (χ0) is 16.8. The molecule has 0 radical (unpaired) electrons. The predicted molar refractivity (Wildman–Crippen MR) is 97.8 cm³/mol. The van der Waals surface area contributed by atoms with Crippen LogP contribution in [0.25, 0.3) is 21.7 Å². The molecule has 0 aliphatic rings. The van der Waals surface area contributed by atoms with Gasteiger partial charge in [-0.1, -0.05) is 45.0 Å². The fourth-order valence-corrected chi connectivity index (χ4v) is 3.43. The largest absolute Gasteiger partial charge is 0.543 e. The van der Waals surface area contributed by atoms with Crippen LogP contribution >= 0.6 is 0 Å². The fraction of sp³-hybridized carbons (Fsp3) is 0.316. The van der Waals surface area contributed by atoms with Gasteiger partial charge in [-0.3, -0.25) is 0 Å². The summed E-state index contributed by atoms with van der Waals surface area (Å²) in [6.07, 6.45) is 0. The van der Waals surface area contributed by atoms with E-state index >= 15 is 0 Å². The molecule has 0 saturated heterocycles. The summed E-state index contributed by atoms with van der Waals surface area (Å²) in [5.41, 5.74) is 0.266. The molecule has 0 fully saturated rings. The van der Waals surface area contributed by atoms with Crippen molar-refractivity contribution in [3.8, 4) is 5.75 Å². The van der Waals surface area contributed by atoms with Gasteiger partial charge in [-0.25, -0.2) is 4.79 Å². The number of benzene rings is 2. The highest BCUT2D eigenvalue weighted by Gasteiger charge is 2.39. The van der Waals surface area contributed by atoms with Gasteiger partial charge < -0.3 is 8.84 Å². The SMILES string of the molecule is CC(C)(C)[Si](C)(C)Oc1cccc2oc(=O)c3ccccc3c12. The Bertz CT molecular complexity index is 933. The van der Waals surface area contributed by atoms with Crippen molar-refractivity contribution in [1.82, 2.24) is 0 Å². The van der Waals surface area contributed by atoms with E-state index in [2.05, 4.69) is 33.9 Å². The van der Waals surface area contributed by atoms with Gasteiger partial charge in [-0.15, -0.1) is 0 Å². The van der Waals surface area contributed by atoms with Crippen molar-refractivity contribution < 1.29 is 8.84 Å². The van der Waals surface area contributed by atoms with E-state index in [-0.39, 0.29) is 10.7 Å². The van der Waals surface area contributed by atoms with Gasteiger partial charge in [0.2, 0.25) is 0 Å². The van der Waals surface area contributed by atoms with E-state index in [4.69, 9.17) is 8.84 Å². The summed E-state index contributed by atoms with van der Waals surface area (Å²) in [5.74, 6) is 0.800. The molecule has 120 valence electrons. The van der Waals surface area contributed by atoms with Crippen molar-refractivity contribution in [2.75, 3.05) is 0 Å². The number of hydrogen-bond acceptors (Lipinski definition) is 3. The van der Waals surface area contributed by atoms with Crippen molar-refractivity contribution in [2.45, 2.75) is 38.9 Å². The molecule has 0 unspecified atom stereocenters. The highest BCUT2D eigenvalue weighted by atomic mass is 28.4. The Kier molecular flexibility index (Phi) is 3.60. The van der Waals surface area contributed by atoms with Crippen molar-refractivity contribution >= 4 is 30.1 Å². The summed E-state index contributed by atoms with van der Waals surface area (Å²) in [6, 6.07) is 13.2. The van der Waals surface area contributed by atoms with E-state index in [1.54, 1.807) is 6.07 Å². The summed E-state index contributed by atoms with van der Waals surface area (Å²) >= 11 is 0. The lowest BCUT2D eigenvalue weighted by Gasteiger charge is -2.36. The molecule has 0 amide bonds. The van der Waals surface area contributed by atoms with E-state index in [9.17, 15) is 4.79 Å². The quantitative estimate of drug-likeness (QED) is 0.363. The second-order valence-electron chi connectivity index (χ2n) is 7.43. The molecule has 3 rings (SSSR count). The molecule has 3 nitrogen and oxygen atoms in total. The van der Waals surface area contributed by atoms with Gasteiger partial charge in [0.15, 0.2) is 0 Å². The molecule has 3 aromatic rings. The maximum Gasteiger partial charge on any atom is 0.344 e. The summed E-state index contributed by atoms with van der Waals surface area (Å²) in [4.78, 5) is 12.1. The van der Waals surface area contributed by atoms with Gasteiger partial charge in [-0.2, -0.15) is 0 Å². The lowest BCUT2D eigenvalue weighted by molar-refractivity contribution is 0.495. The van der Waals surface area contributed by atoms with E-state index in [0.717, 1.165) is 16.5 Å². The zero-order valence-corrected chi connectivity index (χ0v) is 15.3. The van der Waals surface area contributed by atoms with Gasteiger partial charge in [0.1, 0.15) is 11.3 Å². The Balaban J connectivity index is 2.31. The smallest absolute Gasteiger partial charge is 0.344 e. The van der Waals surface area contributed by atoms with E-state index in [0.29, 0.717) is 11.0 Å². The third-order valence-corrected chi connectivity index (χ3v) is 9.12. The topological polar surface area (TPSA) is 39.4 Å². The molecule has 1 aromatic heterocycles. The van der Waals surface area contributed by atoms with Gasteiger partial charge >= 0.3 is 5.63 Å². The fourth-order valence-electron chi connectivity index (χ4n) is 2.41. The third-order valence-electron chi connectivity index (χ3n) is 4.78. The first-order valence-corrected chi connectivity index (χ1v) is 10.8. The van der Waals surface area contributed by atoms with Crippen LogP contribution in [-0.2, 0) is 0 Å². The molecule has 0 atom stereocenters. The monoisotopic (exact) mass is 326 g/mol. The molecular formula is C19H22O3Si. The minimum atomic E-state index is -1.98. The molecule has 4 heteroatoms. The summed E-state index contributed by atoms with van der Waals surface area (Å²) in [6.45, 7) is 11.1. The maximum absolute atomic E-state index is 12.1. The second kappa shape index (κ2) is 5.23. The normalized spacial score (nSPS) is 12.7. The number of fused-ring (bicyclic) bond motifs is 3. The van der Waals surface area contributed by atoms with Crippen LogP contribution in [0.4, 0.5) is 0 Å². The Morgan fingerprint density at radius 2 is 1.61 bits per heavy atom.